The fourth-order valence-corrected chi connectivity index (χ4v) is 9.09. The summed E-state index contributed by atoms with van der Waals surface area (Å²) in [5, 5.41) is 0. The third-order valence-corrected chi connectivity index (χ3v) is 11.4. The molecular weight excluding hydrogens is 484 g/mol. The summed E-state index contributed by atoms with van der Waals surface area (Å²) >= 11 is 0. The van der Waals surface area contributed by atoms with E-state index in [0.717, 1.165) is 62.3 Å². The second-order valence-electron chi connectivity index (χ2n) is 13.1. The Labute approximate surface area is 235 Å². The molecule has 3 fully saturated rings. The van der Waals surface area contributed by atoms with Crippen LogP contribution in [0.2, 0.25) is 0 Å². The minimum absolute atomic E-state index is 0.230. The van der Waals surface area contributed by atoms with Gasteiger partial charge in [0.2, 0.25) is 0 Å². The van der Waals surface area contributed by atoms with Gasteiger partial charge in [0, 0.05) is 24.6 Å². The molecule has 1 aromatic rings. The van der Waals surface area contributed by atoms with Crippen LogP contribution in [0.25, 0.3) is 0 Å². The third-order valence-electron chi connectivity index (χ3n) is 11.4. The number of hydrogen-bond donors (Lipinski definition) is 0. The molecule has 0 unspecified atom stereocenters. The van der Waals surface area contributed by atoms with Gasteiger partial charge < -0.3 is 9.64 Å². The summed E-state index contributed by atoms with van der Waals surface area (Å²) in [7, 11) is 0. The standard InChI is InChI=1S/C34H48N2O3/c1-6-36(7-2)20-21-39-32(38)24-8-11-26(12-9-24)35-23(3)29-14-15-30-28-13-10-25-22-27(37)16-18-33(25,4)31(28)17-19-34(29,30)5/h8-9,11-12,22,28-31H,6-7,10,13-21H2,1-5H3/t28-,29+,30-,31-,33-,34+/m0/s1. The lowest BCUT2D eigenvalue weighted by atomic mass is 9.46. The minimum Gasteiger partial charge on any atom is -0.461 e. The molecule has 4 aliphatic rings. The Morgan fingerprint density at radius 2 is 1.74 bits per heavy atom. The summed E-state index contributed by atoms with van der Waals surface area (Å²) in [5.74, 6) is 2.82. The zero-order valence-corrected chi connectivity index (χ0v) is 24.8. The molecule has 3 saturated carbocycles. The number of esters is 1. The highest BCUT2D eigenvalue weighted by atomic mass is 16.5. The maximum absolute atomic E-state index is 12.5. The molecule has 5 rings (SSSR count). The highest BCUT2D eigenvalue weighted by Crippen LogP contribution is 2.66. The van der Waals surface area contributed by atoms with Crippen LogP contribution in [0.1, 0.15) is 96.3 Å². The van der Waals surface area contributed by atoms with Crippen LogP contribution < -0.4 is 0 Å². The molecule has 1 aromatic carbocycles. The Morgan fingerprint density at radius 1 is 1.00 bits per heavy atom. The van der Waals surface area contributed by atoms with Crippen molar-refractivity contribution in [2.45, 2.75) is 86.0 Å². The molecule has 5 nitrogen and oxygen atoms in total. The lowest BCUT2D eigenvalue weighted by molar-refractivity contribution is -0.117. The summed E-state index contributed by atoms with van der Waals surface area (Å²) in [6.07, 6.45) is 11.2. The first-order valence-corrected chi connectivity index (χ1v) is 15.5. The second kappa shape index (κ2) is 11.3. The van der Waals surface area contributed by atoms with Gasteiger partial charge in [-0.05, 0) is 124 Å². The summed E-state index contributed by atoms with van der Waals surface area (Å²) in [6.45, 7) is 14.6. The van der Waals surface area contributed by atoms with Crippen molar-refractivity contribution in [3.05, 3.63) is 41.5 Å². The number of nitrogens with zero attached hydrogens (tertiary/aromatic N) is 2. The predicted molar refractivity (Wildman–Crippen MR) is 157 cm³/mol. The smallest absolute Gasteiger partial charge is 0.338 e. The van der Waals surface area contributed by atoms with Crippen LogP contribution in [0.5, 0.6) is 0 Å². The van der Waals surface area contributed by atoms with E-state index < -0.39 is 0 Å². The predicted octanol–water partition coefficient (Wildman–Crippen LogP) is 7.43. The molecule has 0 amide bonds. The van der Waals surface area contributed by atoms with E-state index in [-0.39, 0.29) is 11.4 Å². The van der Waals surface area contributed by atoms with Crippen molar-refractivity contribution in [1.29, 1.82) is 0 Å². The van der Waals surface area contributed by atoms with Crippen LogP contribution in [0.15, 0.2) is 40.9 Å². The van der Waals surface area contributed by atoms with Crippen LogP contribution in [-0.4, -0.2) is 48.6 Å². The zero-order valence-electron chi connectivity index (χ0n) is 24.8. The number of likely N-dealkylation sites (N-methyl/N-ethyl adjacent to an activating group) is 1. The zero-order chi connectivity index (χ0) is 27.8. The molecule has 4 aliphatic carbocycles. The molecule has 0 bridgehead atoms. The molecule has 212 valence electrons. The van der Waals surface area contributed by atoms with Gasteiger partial charge in [0.15, 0.2) is 5.78 Å². The summed E-state index contributed by atoms with van der Waals surface area (Å²) < 4.78 is 5.49. The van der Waals surface area contributed by atoms with Crippen LogP contribution in [0.3, 0.4) is 0 Å². The SMILES string of the molecule is CCN(CC)CCOC(=O)c1ccc(N=C(C)[C@H]2CC[C@H]3[C@@H]4CCC5=CC(=O)CC[C@]5(C)[C@H]4CC[C@]23C)cc1. The number of aliphatic imine (C=N–C) groups is 1. The number of carbonyl (C=O) groups excluding carboxylic acids is 2. The molecule has 5 heteroatoms. The molecule has 6 atom stereocenters. The van der Waals surface area contributed by atoms with Crippen molar-refractivity contribution >= 4 is 23.2 Å². The number of rotatable bonds is 8. The van der Waals surface area contributed by atoms with E-state index in [1.165, 1.54) is 43.4 Å². The average molecular weight is 533 g/mol. The van der Waals surface area contributed by atoms with Crippen LogP contribution in [0.4, 0.5) is 5.69 Å². The summed E-state index contributed by atoms with van der Waals surface area (Å²) in [4.78, 5) is 32.0. The second-order valence-corrected chi connectivity index (χ2v) is 13.1. The van der Waals surface area contributed by atoms with Crippen LogP contribution in [0, 0.1) is 34.5 Å². The van der Waals surface area contributed by atoms with Crippen LogP contribution >= 0.6 is 0 Å². The van der Waals surface area contributed by atoms with Gasteiger partial charge in [-0.25, -0.2) is 4.79 Å². The van der Waals surface area contributed by atoms with Gasteiger partial charge in [-0.1, -0.05) is 33.3 Å². The van der Waals surface area contributed by atoms with Crippen molar-refractivity contribution in [3.63, 3.8) is 0 Å². The Balaban J connectivity index is 1.24. The van der Waals surface area contributed by atoms with Crippen molar-refractivity contribution in [3.8, 4) is 0 Å². The molecule has 0 aliphatic heterocycles. The molecular formula is C34H48N2O3. The van der Waals surface area contributed by atoms with E-state index in [4.69, 9.17) is 9.73 Å². The maximum Gasteiger partial charge on any atom is 0.338 e. The van der Waals surface area contributed by atoms with Gasteiger partial charge in [-0.3, -0.25) is 9.79 Å². The number of ether oxygens (including phenoxy) is 1. The van der Waals surface area contributed by atoms with Crippen molar-refractivity contribution in [2.24, 2.45) is 39.5 Å². The van der Waals surface area contributed by atoms with E-state index in [1.807, 2.05) is 30.3 Å². The molecule has 0 radical (unpaired) electrons. The van der Waals surface area contributed by atoms with E-state index in [0.29, 0.717) is 29.3 Å². The van der Waals surface area contributed by atoms with E-state index in [2.05, 4.69) is 39.5 Å². The van der Waals surface area contributed by atoms with Crippen molar-refractivity contribution < 1.29 is 14.3 Å². The fraction of sp³-hybridized carbons (Fsp3) is 0.676. The molecule has 0 N–H and O–H groups in total. The Bertz CT molecular complexity index is 1130. The largest absolute Gasteiger partial charge is 0.461 e. The quantitative estimate of drug-likeness (QED) is 0.258. The van der Waals surface area contributed by atoms with E-state index in [9.17, 15) is 9.59 Å². The summed E-state index contributed by atoms with van der Waals surface area (Å²) in [6, 6.07) is 7.60. The van der Waals surface area contributed by atoms with E-state index in [1.54, 1.807) is 0 Å². The van der Waals surface area contributed by atoms with Crippen molar-refractivity contribution in [1.82, 2.24) is 4.90 Å². The Morgan fingerprint density at radius 3 is 2.46 bits per heavy atom. The van der Waals surface area contributed by atoms with E-state index >= 15 is 0 Å². The topological polar surface area (TPSA) is 59.0 Å². The van der Waals surface area contributed by atoms with Gasteiger partial charge in [0.05, 0.1) is 11.3 Å². The Hall–Kier alpha value is -2.27. The highest BCUT2D eigenvalue weighted by Gasteiger charge is 2.59. The first-order chi connectivity index (χ1) is 18.7. The molecule has 0 aromatic heterocycles. The molecule has 39 heavy (non-hydrogen) atoms. The minimum atomic E-state index is -0.265. The Kier molecular flexibility index (Phi) is 8.20. The van der Waals surface area contributed by atoms with Gasteiger partial charge in [-0.2, -0.15) is 0 Å². The van der Waals surface area contributed by atoms with Crippen molar-refractivity contribution in [2.75, 3.05) is 26.2 Å². The number of ketones is 1. The first kappa shape index (κ1) is 28.3. The number of allylic oxidation sites excluding steroid dienone is 1. The number of fused-ring (bicyclic) bond motifs is 5. The number of carbonyl (C=O) groups is 2. The monoisotopic (exact) mass is 532 g/mol. The van der Waals surface area contributed by atoms with Gasteiger partial charge >= 0.3 is 5.97 Å². The summed E-state index contributed by atoms with van der Waals surface area (Å²) in [5.41, 5.74) is 4.71. The normalized spacial score (nSPS) is 34.3. The average Bonchev–Trinajstić information content (AvgIpc) is 3.29. The van der Waals surface area contributed by atoms with Gasteiger partial charge in [0.1, 0.15) is 6.61 Å². The van der Waals surface area contributed by atoms with Gasteiger partial charge in [-0.15, -0.1) is 0 Å². The highest BCUT2D eigenvalue weighted by molar-refractivity contribution is 5.92. The molecule has 0 saturated heterocycles. The van der Waals surface area contributed by atoms with Gasteiger partial charge in [0.25, 0.3) is 0 Å². The lowest BCUT2D eigenvalue weighted by Gasteiger charge is -2.58. The van der Waals surface area contributed by atoms with Crippen LogP contribution in [-0.2, 0) is 9.53 Å². The fourth-order valence-electron chi connectivity index (χ4n) is 9.09. The third kappa shape index (κ3) is 5.28. The lowest BCUT2D eigenvalue weighted by Crippen LogP contribution is -2.51. The first-order valence-electron chi connectivity index (χ1n) is 15.5. The molecule has 0 heterocycles. The maximum atomic E-state index is 12.5. The number of benzene rings is 1. The number of hydrogen-bond acceptors (Lipinski definition) is 5. The molecule has 0 spiro atoms.